The lowest BCUT2D eigenvalue weighted by atomic mass is 9.56. The molecular formula is C24H22N6. The summed E-state index contributed by atoms with van der Waals surface area (Å²) in [7, 11) is 0. The fraction of sp³-hybridized carbons (Fsp3) is 0.333. The first-order valence-electron chi connectivity index (χ1n) is 10.0. The second-order valence-electron chi connectivity index (χ2n) is 7.94. The second kappa shape index (κ2) is 7.21. The van der Waals surface area contributed by atoms with Crippen molar-refractivity contribution in [2.45, 2.75) is 39.0 Å². The van der Waals surface area contributed by atoms with E-state index in [0.29, 0.717) is 5.57 Å². The van der Waals surface area contributed by atoms with Gasteiger partial charge in [-0.1, -0.05) is 24.3 Å². The third kappa shape index (κ3) is 2.56. The Labute approximate surface area is 176 Å². The summed E-state index contributed by atoms with van der Waals surface area (Å²) in [5, 5.41) is 34.9. The van der Waals surface area contributed by atoms with E-state index in [-0.39, 0.29) is 11.6 Å². The number of hydrogen-bond acceptors (Lipinski definition) is 5. The van der Waals surface area contributed by atoms with E-state index in [0.717, 1.165) is 47.5 Å². The van der Waals surface area contributed by atoms with Crippen LogP contribution in [0.2, 0.25) is 0 Å². The molecule has 2 aliphatic carbocycles. The Hall–Kier alpha value is -3.82. The Morgan fingerprint density at radius 2 is 1.83 bits per heavy atom. The van der Waals surface area contributed by atoms with Crippen molar-refractivity contribution in [2.24, 2.45) is 17.1 Å². The molecule has 30 heavy (non-hydrogen) atoms. The van der Waals surface area contributed by atoms with Crippen LogP contribution in [-0.2, 0) is 0 Å². The maximum atomic E-state index is 10.2. The van der Waals surface area contributed by atoms with Crippen molar-refractivity contribution >= 4 is 0 Å². The van der Waals surface area contributed by atoms with Gasteiger partial charge in [0.05, 0.1) is 34.8 Å². The number of nitrogens with two attached hydrogens (primary N) is 1. The highest BCUT2D eigenvalue weighted by Crippen LogP contribution is 2.56. The first kappa shape index (κ1) is 19.5. The molecule has 2 atom stereocenters. The molecule has 6 heteroatoms. The number of rotatable bonds is 2. The zero-order valence-electron chi connectivity index (χ0n) is 17.1. The number of hydrogen-bond donors (Lipinski definition) is 1. The van der Waals surface area contributed by atoms with Gasteiger partial charge in [0.25, 0.3) is 0 Å². The van der Waals surface area contributed by atoms with Crippen LogP contribution in [0.25, 0.3) is 5.69 Å². The minimum Gasteiger partial charge on any atom is -0.399 e. The molecule has 1 aromatic carbocycles. The van der Waals surface area contributed by atoms with Crippen LogP contribution in [0.3, 0.4) is 0 Å². The third-order valence-electron chi connectivity index (χ3n) is 6.46. The quantitative estimate of drug-likeness (QED) is 0.824. The van der Waals surface area contributed by atoms with Crippen molar-refractivity contribution in [2.75, 3.05) is 0 Å². The van der Waals surface area contributed by atoms with Gasteiger partial charge in [0.2, 0.25) is 0 Å². The summed E-state index contributed by atoms with van der Waals surface area (Å²) in [5.74, 6) is -0.598. The highest BCUT2D eigenvalue weighted by molar-refractivity contribution is 5.60. The fourth-order valence-electron chi connectivity index (χ4n) is 5.11. The Morgan fingerprint density at radius 3 is 2.47 bits per heavy atom. The molecule has 6 nitrogen and oxygen atoms in total. The van der Waals surface area contributed by atoms with Gasteiger partial charge in [0.15, 0.2) is 5.41 Å². The summed E-state index contributed by atoms with van der Waals surface area (Å²) in [6.07, 6.45) is 4.67. The van der Waals surface area contributed by atoms with Crippen molar-refractivity contribution < 1.29 is 0 Å². The van der Waals surface area contributed by atoms with E-state index in [1.807, 2.05) is 48.9 Å². The first-order valence-corrected chi connectivity index (χ1v) is 10.0. The van der Waals surface area contributed by atoms with Gasteiger partial charge in [0.1, 0.15) is 6.07 Å². The van der Waals surface area contributed by atoms with Crippen molar-refractivity contribution in [1.82, 2.24) is 9.78 Å². The van der Waals surface area contributed by atoms with Crippen molar-refractivity contribution in [1.29, 1.82) is 15.8 Å². The first-order chi connectivity index (χ1) is 14.5. The summed E-state index contributed by atoms with van der Waals surface area (Å²) in [5.41, 5.74) is 9.47. The highest BCUT2D eigenvalue weighted by Gasteiger charge is 2.55. The molecule has 4 rings (SSSR count). The number of nitrogens with zero attached hydrogens (tertiary/aromatic N) is 5. The van der Waals surface area contributed by atoms with Gasteiger partial charge in [-0.05, 0) is 56.7 Å². The molecule has 2 aromatic rings. The number of aromatic nitrogens is 2. The molecule has 0 radical (unpaired) electrons. The highest BCUT2D eigenvalue weighted by atomic mass is 15.3. The van der Waals surface area contributed by atoms with E-state index < -0.39 is 11.3 Å². The number of aryl methyl sites for hydroxylation is 1. The van der Waals surface area contributed by atoms with E-state index in [1.54, 1.807) is 0 Å². The molecule has 0 spiro atoms. The van der Waals surface area contributed by atoms with Crippen molar-refractivity contribution in [3.8, 4) is 23.9 Å². The maximum Gasteiger partial charge on any atom is 0.191 e. The molecule has 0 saturated carbocycles. The van der Waals surface area contributed by atoms with Crippen LogP contribution in [0.15, 0.2) is 53.3 Å². The van der Waals surface area contributed by atoms with Gasteiger partial charge in [-0.3, -0.25) is 0 Å². The standard InChI is InChI=1S/C24H22N6/c1-15-21(16(2)30(29-15)17-8-4-3-5-9-17)22-19-11-7-6-10-18(19)20(12-25)23(28)24(22,13-26)14-27/h3-5,8-10,19,22H,6-7,11,28H2,1-2H3/t19-,22+/m0/s1. The molecule has 1 aromatic heterocycles. The van der Waals surface area contributed by atoms with Crippen LogP contribution in [0.1, 0.15) is 42.1 Å². The Morgan fingerprint density at radius 1 is 1.13 bits per heavy atom. The number of fused-ring (bicyclic) bond motifs is 1. The van der Waals surface area contributed by atoms with Gasteiger partial charge < -0.3 is 5.73 Å². The fourth-order valence-corrected chi connectivity index (χ4v) is 5.11. The SMILES string of the molecule is Cc1nn(-c2ccccc2)c(C)c1[C@H]1[C@H]2CCCC=C2C(C#N)=C(N)C1(C#N)C#N. The van der Waals surface area contributed by atoms with Gasteiger partial charge in [-0.25, -0.2) is 4.68 Å². The minimum absolute atomic E-state index is 0.0654. The summed E-state index contributed by atoms with van der Waals surface area (Å²) >= 11 is 0. The molecule has 0 unspecified atom stereocenters. The van der Waals surface area contributed by atoms with E-state index >= 15 is 0 Å². The van der Waals surface area contributed by atoms with Gasteiger partial charge in [-0.15, -0.1) is 0 Å². The van der Waals surface area contributed by atoms with Crippen LogP contribution in [0.5, 0.6) is 0 Å². The van der Waals surface area contributed by atoms with Crippen molar-refractivity contribution in [3.63, 3.8) is 0 Å². The number of nitriles is 3. The summed E-state index contributed by atoms with van der Waals surface area (Å²) in [6.45, 7) is 3.88. The van der Waals surface area contributed by atoms with Crippen LogP contribution in [-0.4, -0.2) is 9.78 Å². The van der Waals surface area contributed by atoms with E-state index in [2.05, 4.69) is 24.3 Å². The molecule has 2 aliphatic rings. The van der Waals surface area contributed by atoms with Crippen LogP contribution in [0.4, 0.5) is 0 Å². The molecule has 0 saturated heterocycles. The van der Waals surface area contributed by atoms with Crippen LogP contribution < -0.4 is 5.73 Å². The van der Waals surface area contributed by atoms with E-state index in [1.165, 1.54) is 0 Å². The summed E-state index contributed by atoms with van der Waals surface area (Å²) in [4.78, 5) is 0. The smallest absolute Gasteiger partial charge is 0.191 e. The molecule has 0 fully saturated rings. The predicted octanol–water partition coefficient (Wildman–Crippen LogP) is 4.08. The lowest BCUT2D eigenvalue weighted by molar-refractivity contribution is 0.315. The third-order valence-corrected chi connectivity index (χ3v) is 6.46. The van der Waals surface area contributed by atoms with E-state index in [9.17, 15) is 15.8 Å². The Bertz CT molecular complexity index is 1180. The average Bonchev–Trinajstić information content (AvgIpc) is 3.07. The summed E-state index contributed by atoms with van der Waals surface area (Å²) in [6, 6.07) is 16.4. The lowest BCUT2D eigenvalue weighted by Crippen LogP contribution is -2.43. The zero-order chi connectivity index (χ0) is 21.5. The number of allylic oxidation sites excluding steroid dienone is 4. The average molecular weight is 394 g/mol. The monoisotopic (exact) mass is 394 g/mol. The lowest BCUT2D eigenvalue weighted by Gasteiger charge is -2.43. The molecule has 148 valence electrons. The number of para-hydroxylation sites is 1. The van der Waals surface area contributed by atoms with Crippen molar-refractivity contribution in [3.05, 3.63) is 70.2 Å². The van der Waals surface area contributed by atoms with E-state index in [4.69, 9.17) is 10.8 Å². The van der Waals surface area contributed by atoms with Gasteiger partial charge in [0, 0.05) is 17.2 Å². The molecule has 2 N–H and O–H groups in total. The largest absolute Gasteiger partial charge is 0.399 e. The predicted molar refractivity (Wildman–Crippen MR) is 112 cm³/mol. The normalized spacial score (nSPS) is 22.3. The number of benzene rings is 1. The Kier molecular flexibility index (Phi) is 4.69. The molecule has 1 heterocycles. The molecular weight excluding hydrogens is 372 g/mol. The molecule has 0 amide bonds. The molecule has 0 aliphatic heterocycles. The van der Waals surface area contributed by atoms with Gasteiger partial charge in [-0.2, -0.15) is 20.9 Å². The van der Waals surface area contributed by atoms with Crippen LogP contribution in [0, 0.1) is 59.2 Å². The van der Waals surface area contributed by atoms with Gasteiger partial charge >= 0.3 is 0 Å². The maximum absolute atomic E-state index is 10.2. The molecule has 0 bridgehead atoms. The Balaban J connectivity index is 2.02. The second-order valence-corrected chi connectivity index (χ2v) is 7.94. The zero-order valence-corrected chi connectivity index (χ0v) is 17.1. The topological polar surface area (TPSA) is 115 Å². The van der Waals surface area contributed by atoms with Crippen LogP contribution >= 0.6 is 0 Å². The summed E-state index contributed by atoms with van der Waals surface area (Å²) < 4.78 is 1.86. The minimum atomic E-state index is -1.61.